The molecule has 0 unspecified atom stereocenters. The highest BCUT2D eigenvalue weighted by molar-refractivity contribution is 5.96. The Bertz CT molecular complexity index is 834. The van der Waals surface area contributed by atoms with E-state index < -0.39 is 71.9 Å². The van der Waals surface area contributed by atoms with E-state index in [4.69, 9.17) is 28.7 Å². The minimum absolute atomic E-state index is 0.134. The van der Waals surface area contributed by atoms with E-state index in [1.165, 1.54) is 6.29 Å². The van der Waals surface area contributed by atoms with Crippen molar-refractivity contribution in [3.63, 3.8) is 0 Å². The van der Waals surface area contributed by atoms with Crippen LogP contribution in [0.4, 0.5) is 0 Å². The SMILES string of the molecule is NC(=O)CC[C@@H]([C]=O)NC(=O)[C@H](CCC(N)=O)NC(=O)[C@H](CC(N)=O)NC(=O)[C@@H](N)CCC(N)=O. The fourth-order valence-electron chi connectivity index (χ4n) is 2.67. The van der Waals surface area contributed by atoms with Gasteiger partial charge in [0.1, 0.15) is 12.1 Å². The van der Waals surface area contributed by atoms with Crippen LogP contribution >= 0.6 is 0 Å². The van der Waals surface area contributed by atoms with E-state index >= 15 is 0 Å². The van der Waals surface area contributed by atoms with Crippen molar-refractivity contribution in [2.45, 2.75) is 69.1 Å². The summed E-state index contributed by atoms with van der Waals surface area (Å²) in [5.41, 5.74) is 25.9. The van der Waals surface area contributed by atoms with Crippen LogP contribution < -0.4 is 44.6 Å². The molecule has 0 rings (SSSR count). The number of primary amides is 4. The van der Waals surface area contributed by atoms with E-state index in [0.717, 1.165) is 0 Å². The van der Waals surface area contributed by atoms with E-state index in [0.29, 0.717) is 0 Å². The lowest BCUT2D eigenvalue weighted by Gasteiger charge is -2.24. The third kappa shape index (κ3) is 13.9. The Labute approximate surface area is 200 Å². The molecule has 7 amide bonds. The molecule has 0 aliphatic rings. The highest BCUT2D eigenvalue weighted by Gasteiger charge is 2.30. The lowest BCUT2D eigenvalue weighted by Crippen LogP contribution is -2.57. The molecule has 0 saturated heterocycles. The van der Waals surface area contributed by atoms with Gasteiger partial charge in [0, 0.05) is 19.3 Å². The van der Waals surface area contributed by atoms with Crippen molar-refractivity contribution >= 4 is 47.6 Å². The standard InChI is InChI=1S/C19H31N8O8/c20-10(2-5-14(22)30)17(33)27-12(7-16(24)32)19(35)26-11(3-6-15(23)31)18(34)25-9(8-28)1-4-13(21)29/h9-12H,1-7,20H2,(H2,21,29)(H2,22,30)(H2,23,31)(H2,24,32)(H,25,34)(H,26,35)(H,27,33)/t9-,10-,11-,12-/m0/s1. The third-order valence-electron chi connectivity index (χ3n) is 4.53. The minimum Gasteiger partial charge on any atom is -0.370 e. The number of carbonyl (C=O) groups is 7. The zero-order valence-electron chi connectivity index (χ0n) is 18.9. The van der Waals surface area contributed by atoms with Crippen LogP contribution in [0.2, 0.25) is 0 Å². The van der Waals surface area contributed by atoms with E-state index in [-0.39, 0.29) is 38.5 Å². The van der Waals surface area contributed by atoms with Gasteiger partial charge in [-0.3, -0.25) is 38.4 Å². The molecule has 0 aromatic rings. The molecule has 0 fully saturated rings. The molecule has 0 aromatic heterocycles. The quantitative estimate of drug-likeness (QED) is 0.0890. The average molecular weight is 500 g/mol. The second kappa shape index (κ2) is 15.7. The van der Waals surface area contributed by atoms with Crippen molar-refractivity contribution in [2.75, 3.05) is 0 Å². The number of hydrogen-bond donors (Lipinski definition) is 8. The van der Waals surface area contributed by atoms with Gasteiger partial charge in [-0.15, -0.1) is 0 Å². The molecule has 195 valence electrons. The van der Waals surface area contributed by atoms with Crippen LogP contribution in [0.15, 0.2) is 0 Å². The van der Waals surface area contributed by atoms with E-state index in [9.17, 15) is 38.4 Å². The van der Waals surface area contributed by atoms with Crippen molar-refractivity contribution < 1.29 is 38.4 Å². The normalized spacial score (nSPS) is 13.9. The molecule has 16 nitrogen and oxygen atoms in total. The van der Waals surface area contributed by atoms with Gasteiger partial charge < -0.3 is 44.6 Å². The van der Waals surface area contributed by atoms with Crippen LogP contribution in [0.1, 0.15) is 44.9 Å². The molecule has 35 heavy (non-hydrogen) atoms. The van der Waals surface area contributed by atoms with Gasteiger partial charge >= 0.3 is 0 Å². The summed E-state index contributed by atoms with van der Waals surface area (Å²) in [4.78, 5) is 93.0. The van der Waals surface area contributed by atoms with E-state index in [2.05, 4.69) is 16.0 Å². The van der Waals surface area contributed by atoms with Crippen LogP contribution in [-0.4, -0.2) is 71.8 Å². The molecule has 1 radical (unpaired) electrons. The highest BCUT2D eigenvalue weighted by atomic mass is 16.2. The number of carbonyl (C=O) groups excluding carboxylic acids is 8. The summed E-state index contributed by atoms with van der Waals surface area (Å²) in [6, 6.07) is -5.48. The number of rotatable bonds is 18. The van der Waals surface area contributed by atoms with Crippen LogP contribution in [-0.2, 0) is 38.4 Å². The first-order valence-electron chi connectivity index (χ1n) is 10.4. The molecule has 0 aliphatic carbocycles. The minimum atomic E-state index is -1.56. The third-order valence-corrected chi connectivity index (χ3v) is 4.53. The summed E-state index contributed by atoms with van der Waals surface area (Å²) in [6.45, 7) is 0. The lowest BCUT2D eigenvalue weighted by atomic mass is 10.1. The molecule has 0 spiro atoms. The number of amides is 7. The highest BCUT2D eigenvalue weighted by Crippen LogP contribution is 2.04. The Balaban J connectivity index is 5.48. The van der Waals surface area contributed by atoms with E-state index in [1.807, 2.05) is 0 Å². The van der Waals surface area contributed by atoms with Gasteiger partial charge in [0.25, 0.3) is 0 Å². The topological polar surface area (TPSA) is 303 Å². The molecule has 0 bridgehead atoms. The largest absolute Gasteiger partial charge is 0.370 e. The molecule has 0 aromatic carbocycles. The first kappa shape index (κ1) is 30.9. The second-order valence-corrected chi connectivity index (χ2v) is 7.59. The van der Waals surface area contributed by atoms with Crippen LogP contribution in [0, 0.1) is 0 Å². The first-order chi connectivity index (χ1) is 16.3. The predicted octanol–water partition coefficient (Wildman–Crippen LogP) is -5.45. The Morgan fingerprint density at radius 1 is 0.600 bits per heavy atom. The molecule has 0 saturated carbocycles. The van der Waals surface area contributed by atoms with Crippen LogP contribution in [0.5, 0.6) is 0 Å². The van der Waals surface area contributed by atoms with Crippen molar-refractivity contribution in [3.05, 3.63) is 0 Å². The molecular formula is C19H31N8O8. The van der Waals surface area contributed by atoms with Crippen molar-refractivity contribution in [1.82, 2.24) is 16.0 Å². The van der Waals surface area contributed by atoms with Gasteiger partial charge in [-0.2, -0.15) is 0 Å². The van der Waals surface area contributed by atoms with Gasteiger partial charge in [-0.25, -0.2) is 0 Å². The van der Waals surface area contributed by atoms with Gasteiger partial charge in [0.2, 0.25) is 47.6 Å². The lowest BCUT2D eigenvalue weighted by molar-refractivity contribution is -0.134. The summed E-state index contributed by atoms with van der Waals surface area (Å²) >= 11 is 0. The smallest absolute Gasteiger partial charge is 0.243 e. The molecule has 0 aliphatic heterocycles. The van der Waals surface area contributed by atoms with Gasteiger partial charge in [-0.05, 0) is 19.3 Å². The second-order valence-electron chi connectivity index (χ2n) is 7.59. The molecule has 0 heterocycles. The van der Waals surface area contributed by atoms with Crippen LogP contribution in [0.3, 0.4) is 0 Å². The molecule has 16 heteroatoms. The summed E-state index contributed by atoms with van der Waals surface area (Å²) in [6.07, 6.45) is -0.551. The maximum Gasteiger partial charge on any atom is 0.243 e. The van der Waals surface area contributed by atoms with Crippen molar-refractivity contribution in [1.29, 1.82) is 0 Å². The summed E-state index contributed by atoms with van der Waals surface area (Å²) in [5, 5.41) is 6.69. The zero-order valence-corrected chi connectivity index (χ0v) is 18.9. The maximum atomic E-state index is 12.7. The predicted molar refractivity (Wildman–Crippen MR) is 119 cm³/mol. The Morgan fingerprint density at radius 3 is 1.54 bits per heavy atom. The summed E-state index contributed by atoms with van der Waals surface area (Å²) < 4.78 is 0. The summed E-state index contributed by atoms with van der Waals surface area (Å²) in [5.74, 6) is -6.06. The Morgan fingerprint density at radius 2 is 1.06 bits per heavy atom. The Kier molecular flexibility index (Phi) is 13.9. The fourth-order valence-corrected chi connectivity index (χ4v) is 2.67. The van der Waals surface area contributed by atoms with Crippen LogP contribution in [0.25, 0.3) is 0 Å². The first-order valence-corrected chi connectivity index (χ1v) is 10.4. The average Bonchev–Trinajstić information content (AvgIpc) is 2.75. The maximum absolute atomic E-state index is 12.7. The van der Waals surface area contributed by atoms with Gasteiger partial charge in [0.15, 0.2) is 0 Å². The molecule has 4 atom stereocenters. The number of nitrogens with two attached hydrogens (primary N) is 5. The Hall–Kier alpha value is -4.08. The van der Waals surface area contributed by atoms with E-state index in [1.54, 1.807) is 0 Å². The molecule has 13 N–H and O–H groups in total. The number of hydrogen-bond acceptors (Lipinski definition) is 9. The monoisotopic (exact) mass is 499 g/mol. The zero-order chi connectivity index (χ0) is 27.1. The van der Waals surface area contributed by atoms with Gasteiger partial charge in [-0.1, -0.05) is 0 Å². The van der Waals surface area contributed by atoms with Crippen molar-refractivity contribution in [3.8, 4) is 0 Å². The number of nitrogens with one attached hydrogen (secondary N) is 3. The molecular weight excluding hydrogens is 468 g/mol. The van der Waals surface area contributed by atoms with Crippen molar-refractivity contribution in [2.24, 2.45) is 28.7 Å². The van der Waals surface area contributed by atoms with Gasteiger partial charge in [0.05, 0.1) is 18.5 Å². The summed E-state index contributed by atoms with van der Waals surface area (Å²) in [7, 11) is 0. The fraction of sp³-hybridized carbons (Fsp3) is 0.579.